The molecule has 0 aliphatic rings. The Labute approximate surface area is 132 Å². The standard InChI is InChI=1S/C16H16N2O5/c1-22-14(19)8-13(16(21)23-2)18-15(20)11-7-10-5-3-4-6-12(10)17-9-11/h3-7,9,13H,8H2,1-2H3,(H,18,20)/t13-/m0/s1. The number of nitrogens with one attached hydrogen (secondary N) is 1. The van der Waals surface area contributed by atoms with Crippen molar-refractivity contribution in [2.75, 3.05) is 14.2 Å². The van der Waals surface area contributed by atoms with E-state index in [-0.39, 0.29) is 12.0 Å². The van der Waals surface area contributed by atoms with Crippen LogP contribution in [0.4, 0.5) is 0 Å². The van der Waals surface area contributed by atoms with Crippen LogP contribution in [0, 0.1) is 0 Å². The zero-order valence-electron chi connectivity index (χ0n) is 12.7. The number of para-hydroxylation sites is 1. The molecule has 2 aromatic rings. The maximum atomic E-state index is 12.3. The fourth-order valence-electron chi connectivity index (χ4n) is 2.02. The van der Waals surface area contributed by atoms with Crippen LogP contribution < -0.4 is 5.32 Å². The first-order valence-corrected chi connectivity index (χ1v) is 6.85. The van der Waals surface area contributed by atoms with E-state index in [1.54, 1.807) is 6.07 Å². The minimum atomic E-state index is -1.12. The Balaban J connectivity index is 2.18. The fraction of sp³-hybridized carbons (Fsp3) is 0.250. The van der Waals surface area contributed by atoms with Gasteiger partial charge < -0.3 is 14.8 Å². The van der Waals surface area contributed by atoms with Crippen molar-refractivity contribution in [1.82, 2.24) is 10.3 Å². The van der Waals surface area contributed by atoms with E-state index in [2.05, 4.69) is 19.8 Å². The molecule has 1 heterocycles. The number of carbonyl (C=O) groups excluding carboxylic acids is 3. The van der Waals surface area contributed by atoms with Crippen LogP contribution in [0.15, 0.2) is 36.5 Å². The monoisotopic (exact) mass is 316 g/mol. The molecule has 0 saturated carbocycles. The highest BCUT2D eigenvalue weighted by atomic mass is 16.5. The third-order valence-electron chi connectivity index (χ3n) is 3.24. The molecule has 7 heteroatoms. The summed E-state index contributed by atoms with van der Waals surface area (Å²) in [5.74, 6) is -1.88. The number of amides is 1. The van der Waals surface area contributed by atoms with Gasteiger partial charge in [0.2, 0.25) is 0 Å². The van der Waals surface area contributed by atoms with E-state index in [0.29, 0.717) is 0 Å². The highest BCUT2D eigenvalue weighted by Crippen LogP contribution is 2.13. The Morgan fingerprint density at radius 1 is 1.17 bits per heavy atom. The number of nitrogens with zero attached hydrogens (tertiary/aromatic N) is 1. The summed E-state index contributed by atoms with van der Waals surface area (Å²) in [5, 5.41) is 3.25. The topological polar surface area (TPSA) is 94.6 Å². The molecule has 0 radical (unpaired) electrons. The lowest BCUT2D eigenvalue weighted by Crippen LogP contribution is -2.43. The average molecular weight is 316 g/mol. The zero-order chi connectivity index (χ0) is 16.8. The SMILES string of the molecule is COC(=O)C[C@H](NC(=O)c1cnc2ccccc2c1)C(=O)OC. The first-order chi connectivity index (χ1) is 11.0. The number of pyridine rings is 1. The summed E-state index contributed by atoms with van der Waals surface area (Å²) in [6.07, 6.45) is 1.10. The molecule has 0 aliphatic carbocycles. The normalized spacial score (nSPS) is 11.6. The molecule has 1 amide bonds. The Hall–Kier alpha value is -2.96. The van der Waals surface area contributed by atoms with Crippen molar-refractivity contribution < 1.29 is 23.9 Å². The van der Waals surface area contributed by atoms with E-state index in [1.807, 2.05) is 24.3 Å². The van der Waals surface area contributed by atoms with Gasteiger partial charge in [0.25, 0.3) is 5.91 Å². The van der Waals surface area contributed by atoms with Crippen LogP contribution in [0.5, 0.6) is 0 Å². The third kappa shape index (κ3) is 4.03. The minimum absolute atomic E-state index is 0.280. The molecule has 1 N–H and O–H groups in total. The van der Waals surface area contributed by atoms with Gasteiger partial charge >= 0.3 is 11.9 Å². The van der Waals surface area contributed by atoms with Gasteiger partial charge in [-0.15, -0.1) is 0 Å². The molecule has 0 aliphatic heterocycles. The summed E-state index contributed by atoms with van der Waals surface area (Å²) < 4.78 is 9.10. The highest BCUT2D eigenvalue weighted by Gasteiger charge is 2.25. The van der Waals surface area contributed by atoms with E-state index in [9.17, 15) is 14.4 Å². The third-order valence-corrected chi connectivity index (χ3v) is 3.24. The number of hydrogen-bond donors (Lipinski definition) is 1. The quantitative estimate of drug-likeness (QED) is 0.829. The number of benzene rings is 1. The number of hydrogen-bond acceptors (Lipinski definition) is 6. The predicted molar refractivity (Wildman–Crippen MR) is 81.6 cm³/mol. The summed E-state index contributed by atoms with van der Waals surface area (Å²) in [5.41, 5.74) is 1.03. The smallest absolute Gasteiger partial charge is 0.328 e. The Bertz CT molecular complexity index is 744. The molecule has 0 saturated heterocycles. The van der Waals surface area contributed by atoms with Crippen LogP contribution in [0.25, 0.3) is 10.9 Å². The van der Waals surface area contributed by atoms with Gasteiger partial charge in [-0.25, -0.2) is 4.79 Å². The minimum Gasteiger partial charge on any atom is -0.469 e. The van der Waals surface area contributed by atoms with Crippen LogP contribution in [-0.4, -0.2) is 43.1 Å². The number of methoxy groups -OCH3 is 2. The van der Waals surface area contributed by atoms with E-state index in [0.717, 1.165) is 10.9 Å². The number of rotatable bonds is 5. The first kappa shape index (κ1) is 16.4. The first-order valence-electron chi connectivity index (χ1n) is 6.85. The number of carbonyl (C=O) groups is 3. The molecule has 0 spiro atoms. The van der Waals surface area contributed by atoms with Gasteiger partial charge in [0.15, 0.2) is 0 Å². The van der Waals surface area contributed by atoms with Crippen molar-refractivity contribution in [2.45, 2.75) is 12.5 Å². The van der Waals surface area contributed by atoms with Crippen LogP contribution in [0.3, 0.4) is 0 Å². The molecular formula is C16H16N2O5. The molecular weight excluding hydrogens is 300 g/mol. The maximum Gasteiger partial charge on any atom is 0.328 e. The summed E-state index contributed by atoms with van der Waals surface area (Å²) in [7, 11) is 2.38. The van der Waals surface area contributed by atoms with Crippen molar-refractivity contribution in [3.63, 3.8) is 0 Å². The summed E-state index contributed by atoms with van der Waals surface area (Å²) in [4.78, 5) is 39.5. The van der Waals surface area contributed by atoms with Crippen molar-refractivity contribution in [2.24, 2.45) is 0 Å². The molecule has 0 unspecified atom stereocenters. The maximum absolute atomic E-state index is 12.3. The number of fused-ring (bicyclic) bond motifs is 1. The van der Waals surface area contributed by atoms with Gasteiger partial charge in [-0.05, 0) is 12.1 Å². The lowest BCUT2D eigenvalue weighted by Gasteiger charge is -2.15. The average Bonchev–Trinajstić information content (AvgIpc) is 2.59. The number of esters is 2. The van der Waals surface area contributed by atoms with Gasteiger partial charge in [0.1, 0.15) is 6.04 Å². The van der Waals surface area contributed by atoms with Crippen molar-refractivity contribution in [1.29, 1.82) is 0 Å². The summed E-state index contributed by atoms with van der Waals surface area (Å²) >= 11 is 0. The predicted octanol–water partition coefficient (Wildman–Crippen LogP) is 1.07. The van der Waals surface area contributed by atoms with Gasteiger partial charge in [-0.1, -0.05) is 18.2 Å². The zero-order valence-corrected chi connectivity index (χ0v) is 12.7. The highest BCUT2D eigenvalue weighted by molar-refractivity contribution is 5.99. The van der Waals surface area contributed by atoms with E-state index in [4.69, 9.17) is 0 Å². The summed E-state index contributed by atoms with van der Waals surface area (Å²) in [6, 6.07) is 7.87. The van der Waals surface area contributed by atoms with Gasteiger partial charge in [-0.2, -0.15) is 0 Å². The molecule has 0 bridgehead atoms. The van der Waals surface area contributed by atoms with Gasteiger partial charge in [0.05, 0.1) is 31.7 Å². The molecule has 120 valence electrons. The Kier molecular flexibility index (Phi) is 5.24. The molecule has 1 aromatic heterocycles. The van der Waals surface area contributed by atoms with E-state index < -0.39 is 23.9 Å². The summed E-state index contributed by atoms with van der Waals surface area (Å²) in [6.45, 7) is 0. The molecule has 7 nitrogen and oxygen atoms in total. The number of ether oxygens (including phenoxy) is 2. The van der Waals surface area contributed by atoms with Gasteiger partial charge in [0, 0.05) is 11.6 Å². The van der Waals surface area contributed by atoms with Crippen LogP contribution in [-0.2, 0) is 19.1 Å². The van der Waals surface area contributed by atoms with E-state index >= 15 is 0 Å². The molecule has 0 fully saturated rings. The van der Waals surface area contributed by atoms with Crippen molar-refractivity contribution >= 4 is 28.7 Å². The fourth-order valence-corrected chi connectivity index (χ4v) is 2.02. The molecule has 2 rings (SSSR count). The Morgan fingerprint density at radius 2 is 1.91 bits per heavy atom. The van der Waals surface area contributed by atoms with Crippen LogP contribution in [0.2, 0.25) is 0 Å². The molecule has 1 aromatic carbocycles. The van der Waals surface area contributed by atoms with Crippen LogP contribution in [0.1, 0.15) is 16.8 Å². The second kappa shape index (κ2) is 7.35. The lowest BCUT2D eigenvalue weighted by molar-refractivity contribution is -0.149. The second-order valence-corrected chi connectivity index (χ2v) is 4.75. The van der Waals surface area contributed by atoms with Gasteiger partial charge in [-0.3, -0.25) is 14.6 Å². The van der Waals surface area contributed by atoms with Crippen molar-refractivity contribution in [3.8, 4) is 0 Å². The number of aromatic nitrogens is 1. The lowest BCUT2D eigenvalue weighted by atomic mass is 10.1. The van der Waals surface area contributed by atoms with Crippen molar-refractivity contribution in [3.05, 3.63) is 42.1 Å². The van der Waals surface area contributed by atoms with E-state index in [1.165, 1.54) is 20.4 Å². The largest absolute Gasteiger partial charge is 0.469 e. The Morgan fingerprint density at radius 3 is 2.61 bits per heavy atom. The van der Waals surface area contributed by atoms with Crippen LogP contribution >= 0.6 is 0 Å². The molecule has 23 heavy (non-hydrogen) atoms. The molecule has 1 atom stereocenters. The second-order valence-electron chi connectivity index (χ2n) is 4.75.